The van der Waals surface area contributed by atoms with Crippen molar-refractivity contribution in [3.05, 3.63) is 35.6 Å². The van der Waals surface area contributed by atoms with E-state index in [1.165, 1.54) is 19.2 Å². The molecule has 2 N–H and O–H groups in total. The van der Waals surface area contributed by atoms with E-state index in [4.69, 9.17) is 10.5 Å². The van der Waals surface area contributed by atoms with Crippen LogP contribution in [0.4, 0.5) is 4.39 Å². The van der Waals surface area contributed by atoms with Crippen molar-refractivity contribution >= 4 is 5.90 Å². The molecule has 0 radical (unpaired) electrons. The van der Waals surface area contributed by atoms with Crippen molar-refractivity contribution in [3.63, 3.8) is 0 Å². The summed E-state index contributed by atoms with van der Waals surface area (Å²) in [6.07, 6.45) is 0. The fraction of sp³-hybridized carbons (Fsp3) is 0.364. The van der Waals surface area contributed by atoms with E-state index in [1.807, 2.05) is 0 Å². The van der Waals surface area contributed by atoms with Crippen molar-refractivity contribution in [2.75, 3.05) is 7.11 Å². The molecule has 0 bridgehead atoms. The highest BCUT2D eigenvalue weighted by Crippen LogP contribution is 2.05. The first-order valence-corrected chi connectivity index (χ1v) is 4.72. The van der Waals surface area contributed by atoms with E-state index in [-0.39, 0.29) is 11.9 Å². The molecular weight excluding hydrogens is 195 g/mol. The maximum Gasteiger partial charge on any atom is 0.200 e. The molecule has 1 rings (SSSR count). The summed E-state index contributed by atoms with van der Waals surface area (Å²) in [7, 11) is 1.52. The smallest absolute Gasteiger partial charge is 0.200 e. The van der Waals surface area contributed by atoms with Gasteiger partial charge in [-0.05, 0) is 24.6 Å². The normalized spacial score (nSPS) is 13.7. The van der Waals surface area contributed by atoms with Crippen molar-refractivity contribution in [2.24, 2.45) is 10.7 Å². The molecule has 1 aromatic carbocycles. The van der Waals surface area contributed by atoms with Gasteiger partial charge in [-0.1, -0.05) is 12.1 Å². The zero-order valence-corrected chi connectivity index (χ0v) is 8.90. The molecule has 0 aliphatic carbocycles. The predicted octanol–water partition coefficient (Wildman–Crippen LogP) is 1.72. The van der Waals surface area contributed by atoms with Gasteiger partial charge in [0.2, 0.25) is 0 Å². The number of halogens is 1. The average Bonchev–Trinajstić information content (AvgIpc) is 2.18. The van der Waals surface area contributed by atoms with Crippen molar-refractivity contribution in [1.82, 2.24) is 0 Å². The highest BCUT2D eigenvalue weighted by Gasteiger charge is 2.04. The van der Waals surface area contributed by atoms with Gasteiger partial charge in [-0.2, -0.15) is 0 Å². The molecule has 0 fully saturated rings. The highest BCUT2D eigenvalue weighted by molar-refractivity contribution is 5.81. The van der Waals surface area contributed by atoms with E-state index in [0.29, 0.717) is 12.4 Å². The number of hydrogen-bond acceptors (Lipinski definition) is 3. The van der Waals surface area contributed by atoms with E-state index in [9.17, 15) is 4.39 Å². The minimum absolute atomic E-state index is 0.247. The van der Waals surface area contributed by atoms with Crippen LogP contribution in [-0.4, -0.2) is 19.0 Å². The Labute approximate surface area is 88.8 Å². The van der Waals surface area contributed by atoms with Gasteiger partial charge in [-0.15, -0.1) is 0 Å². The van der Waals surface area contributed by atoms with Crippen LogP contribution in [0, 0.1) is 5.82 Å². The summed E-state index contributed by atoms with van der Waals surface area (Å²) in [5.74, 6) is 0.210. The minimum Gasteiger partial charge on any atom is -0.483 e. The molecule has 4 heteroatoms. The lowest BCUT2D eigenvalue weighted by Gasteiger charge is -2.08. The van der Waals surface area contributed by atoms with Crippen LogP contribution in [0.1, 0.15) is 12.5 Å². The summed E-state index contributed by atoms with van der Waals surface area (Å²) < 4.78 is 17.8. The van der Waals surface area contributed by atoms with Crippen LogP contribution in [0.2, 0.25) is 0 Å². The van der Waals surface area contributed by atoms with E-state index in [1.54, 1.807) is 19.1 Å². The Kier molecular flexibility index (Phi) is 4.24. The van der Waals surface area contributed by atoms with Crippen LogP contribution in [0.5, 0.6) is 0 Å². The standard InChI is InChI=1S/C11H15FN2O/c1-8(13)11(15-2)14-7-9-4-3-5-10(12)6-9/h3-6,8H,7,13H2,1-2H3. The lowest BCUT2D eigenvalue weighted by atomic mass is 10.2. The summed E-state index contributed by atoms with van der Waals surface area (Å²) >= 11 is 0. The van der Waals surface area contributed by atoms with Gasteiger partial charge in [0.25, 0.3) is 0 Å². The largest absolute Gasteiger partial charge is 0.483 e. The molecule has 0 aliphatic rings. The first-order chi connectivity index (χ1) is 7.13. The van der Waals surface area contributed by atoms with Gasteiger partial charge < -0.3 is 10.5 Å². The first-order valence-electron chi connectivity index (χ1n) is 4.72. The minimum atomic E-state index is -0.262. The Morgan fingerprint density at radius 1 is 1.60 bits per heavy atom. The molecular formula is C11H15FN2O. The summed E-state index contributed by atoms with van der Waals surface area (Å²) in [4.78, 5) is 4.16. The zero-order valence-electron chi connectivity index (χ0n) is 8.90. The van der Waals surface area contributed by atoms with E-state index in [0.717, 1.165) is 5.56 Å². The maximum absolute atomic E-state index is 12.8. The molecule has 1 atom stereocenters. The Morgan fingerprint density at radius 2 is 2.33 bits per heavy atom. The topological polar surface area (TPSA) is 47.6 Å². The predicted molar refractivity (Wildman–Crippen MR) is 58.2 cm³/mol. The molecule has 0 spiro atoms. The fourth-order valence-electron chi connectivity index (χ4n) is 1.20. The van der Waals surface area contributed by atoms with Crippen LogP contribution < -0.4 is 5.73 Å². The monoisotopic (exact) mass is 210 g/mol. The summed E-state index contributed by atoms with van der Waals surface area (Å²) in [6, 6.07) is 6.05. The Hall–Kier alpha value is -1.42. The van der Waals surface area contributed by atoms with E-state index >= 15 is 0 Å². The number of nitrogens with two attached hydrogens (primary N) is 1. The van der Waals surface area contributed by atoms with Gasteiger partial charge in [-0.25, -0.2) is 9.38 Å². The van der Waals surface area contributed by atoms with Gasteiger partial charge in [-0.3, -0.25) is 0 Å². The fourth-order valence-corrected chi connectivity index (χ4v) is 1.20. The van der Waals surface area contributed by atoms with Gasteiger partial charge in [0.1, 0.15) is 5.82 Å². The average molecular weight is 210 g/mol. The highest BCUT2D eigenvalue weighted by atomic mass is 19.1. The van der Waals surface area contributed by atoms with Gasteiger partial charge in [0.15, 0.2) is 5.90 Å². The molecule has 0 aliphatic heterocycles. The van der Waals surface area contributed by atoms with E-state index in [2.05, 4.69) is 4.99 Å². The SMILES string of the molecule is COC(=NCc1cccc(F)c1)C(C)N. The second-order valence-electron chi connectivity index (χ2n) is 3.28. The third-order valence-electron chi connectivity index (χ3n) is 1.91. The number of methoxy groups -OCH3 is 1. The molecule has 82 valence electrons. The number of ether oxygens (including phenoxy) is 1. The second kappa shape index (κ2) is 5.46. The quantitative estimate of drug-likeness (QED) is 0.610. The van der Waals surface area contributed by atoms with Crippen molar-refractivity contribution in [1.29, 1.82) is 0 Å². The molecule has 0 saturated carbocycles. The third kappa shape index (κ3) is 3.67. The first kappa shape index (κ1) is 11.7. The Balaban J connectivity index is 2.70. The Bertz CT molecular complexity index is 350. The lowest BCUT2D eigenvalue weighted by Crippen LogP contribution is -2.28. The molecule has 1 unspecified atom stereocenters. The number of nitrogens with zero attached hydrogens (tertiary/aromatic N) is 1. The number of benzene rings is 1. The number of rotatable bonds is 3. The maximum atomic E-state index is 12.8. The molecule has 1 aromatic rings. The number of aliphatic imine (C=N–C) groups is 1. The molecule has 0 saturated heterocycles. The summed E-state index contributed by atoms with van der Waals surface area (Å²) in [5, 5.41) is 0. The van der Waals surface area contributed by atoms with Crippen LogP contribution in [0.25, 0.3) is 0 Å². The van der Waals surface area contributed by atoms with Crippen LogP contribution in [0.3, 0.4) is 0 Å². The summed E-state index contributed by atoms with van der Waals surface area (Å²) in [6.45, 7) is 2.16. The van der Waals surface area contributed by atoms with E-state index < -0.39 is 0 Å². The van der Waals surface area contributed by atoms with Gasteiger partial charge in [0.05, 0.1) is 19.7 Å². The van der Waals surface area contributed by atoms with Crippen molar-refractivity contribution in [2.45, 2.75) is 19.5 Å². The van der Waals surface area contributed by atoms with Crippen molar-refractivity contribution < 1.29 is 9.13 Å². The summed E-state index contributed by atoms with van der Waals surface area (Å²) in [5.41, 5.74) is 6.41. The second-order valence-corrected chi connectivity index (χ2v) is 3.28. The van der Waals surface area contributed by atoms with Crippen molar-refractivity contribution in [3.8, 4) is 0 Å². The molecule has 3 nitrogen and oxygen atoms in total. The number of hydrogen-bond donors (Lipinski definition) is 1. The molecule has 15 heavy (non-hydrogen) atoms. The lowest BCUT2D eigenvalue weighted by molar-refractivity contribution is 0.381. The van der Waals surface area contributed by atoms with Crippen LogP contribution in [0.15, 0.2) is 29.3 Å². The van der Waals surface area contributed by atoms with Crippen LogP contribution >= 0.6 is 0 Å². The molecule has 0 amide bonds. The Morgan fingerprint density at radius 3 is 2.87 bits per heavy atom. The third-order valence-corrected chi connectivity index (χ3v) is 1.91. The zero-order chi connectivity index (χ0) is 11.3. The van der Waals surface area contributed by atoms with Gasteiger partial charge in [0, 0.05) is 0 Å². The molecule has 0 aromatic heterocycles. The molecule has 0 heterocycles. The van der Waals surface area contributed by atoms with Gasteiger partial charge >= 0.3 is 0 Å². The van der Waals surface area contributed by atoms with Crippen LogP contribution in [-0.2, 0) is 11.3 Å².